The zero-order valence-corrected chi connectivity index (χ0v) is 26.8. The average Bonchev–Trinajstić information content (AvgIpc) is 3.70. The Morgan fingerprint density at radius 2 is 1.06 bits per heavy atom. The Morgan fingerprint density at radius 3 is 1.79 bits per heavy atom. The molecular formula is C46H31NO. The van der Waals surface area contributed by atoms with E-state index in [1.54, 1.807) is 0 Å². The molecule has 2 nitrogen and oxygen atoms in total. The summed E-state index contributed by atoms with van der Waals surface area (Å²) in [5.41, 5.74) is 16.1. The maximum atomic E-state index is 6.61. The minimum Gasteiger partial charge on any atom is -0.457 e. The summed E-state index contributed by atoms with van der Waals surface area (Å²) < 4.78 is 9.15. The second kappa shape index (κ2) is 8.93. The van der Waals surface area contributed by atoms with Crippen LogP contribution in [0.25, 0.3) is 49.7 Å². The Balaban J connectivity index is 1.34. The predicted molar refractivity (Wildman–Crippen MR) is 196 cm³/mol. The summed E-state index contributed by atoms with van der Waals surface area (Å²) >= 11 is 0. The van der Waals surface area contributed by atoms with E-state index in [2.05, 4.69) is 170 Å². The van der Waals surface area contributed by atoms with Crippen molar-refractivity contribution in [3.05, 3.63) is 185 Å². The molecule has 1 aliphatic heterocycles. The highest BCUT2D eigenvalue weighted by Gasteiger charge is 2.52. The molecule has 3 aliphatic rings. The molecule has 0 atom stereocenters. The van der Waals surface area contributed by atoms with Crippen molar-refractivity contribution in [3.8, 4) is 39.4 Å². The van der Waals surface area contributed by atoms with E-state index < -0.39 is 5.41 Å². The third-order valence-electron chi connectivity index (χ3n) is 11.5. The highest BCUT2D eigenvalue weighted by Crippen LogP contribution is 2.63. The highest BCUT2D eigenvalue weighted by atomic mass is 16.5. The first kappa shape index (κ1) is 26.2. The summed E-state index contributed by atoms with van der Waals surface area (Å²) in [5.74, 6) is 1.83. The van der Waals surface area contributed by atoms with Crippen molar-refractivity contribution in [2.75, 3.05) is 0 Å². The van der Waals surface area contributed by atoms with Crippen LogP contribution in [0.3, 0.4) is 0 Å². The summed E-state index contributed by atoms with van der Waals surface area (Å²) in [6.45, 7) is 4.74. The highest BCUT2D eigenvalue weighted by molar-refractivity contribution is 6.17. The summed E-state index contributed by atoms with van der Waals surface area (Å²) in [7, 11) is 0. The summed E-state index contributed by atoms with van der Waals surface area (Å²) in [5, 5.41) is 2.56. The third kappa shape index (κ3) is 3.00. The van der Waals surface area contributed by atoms with Gasteiger partial charge in [-0.3, -0.25) is 0 Å². The van der Waals surface area contributed by atoms with Crippen molar-refractivity contribution < 1.29 is 4.74 Å². The lowest BCUT2D eigenvalue weighted by Crippen LogP contribution is -2.32. The van der Waals surface area contributed by atoms with E-state index in [4.69, 9.17) is 4.74 Å². The van der Waals surface area contributed by atoms with Crippen molar-refractivity contribution in [3.63, 3.8) is 0 Å². The number of fused-ring (bicyclic) bond motifs is 16. The summed E-state index contributed by atoms with van der Waals surface area (Å²) in [6, 6.07) is 55.9. The number of ether oxygens (including phenoxy) is 1. The zero-order chi connectivity index (χ0) is 31.8. The maximum absolute atomic E-state index is 6.61. The van der Waals surface area contributed by atoms with E-state index >= 15 is 0 Å². The molecular weight excluding hydrogens is 583 g/mol. The molecule has 0 N–H and O–H groups in total. The van der Waals surface area contributed by atoms with Crippen molar-refractivity contribution in [2.45, 2.75) is 24.7 Å². The molecule has 8 aromatic rings. The molecule has 0 amide bonds. The number of rotatable bonds is 1. The number of nitrogens with zero attached hydrogens (tertiary/aromatic N) is 1. The van der Waals surface area contributed by atoms with E-state index in [1.165, 1.54) is 83.1 Å². The van der Waals surface area contributed by atoms with Crippen molar-refractivity contribution >= 4 is 21.8 Å². The van der Waals surface area contributed by atoms with Gasteiger partial charge in [0.1, 0.15) is 11.5 Å². The van der Waals surface area contributed by atoms with Crippen molar-refractivity contribution in [2.24, 2.45) is 0 Å². The standard InChI is InChI=1S/C46H31NO/c1-45(2)34-18-8-6-16-29(34)32-26-33-30-24-25-38-43(44(30)47(40(33)27-39(32)45)28-14-4-3-5-15-28)31-17-7-9-19-35(31)46(38)36-20-10-12-22-41(36)48-42-23-13-11-21-37(42)46/h3-27H,1-2H3. The zero-order valence-electron chi connectivity index (χ0n) is 26.8. The third-order valence-corrected chi connectivity index (χ3v) is 11.5. The van der Waals surface area contributed by atoms with Gasteiger partial charge in [-0.25, -0.2) is 0 Å². The molecule has 7 aromatic carbocycles. The van der Waals surface area contributed by atoms with Crippen LogP contribution >= 0.6 is 0 Å². The van der Waals surface area contributed by atoms with Gasteiger partial charge >= 0.3 is 0 Å². The minimum absolute atomic E-state index is 0.0911. The van der Waals surface area contributed by atoms with Crippen LogP contribution in [0.2, 0.25) is 0 Å². The molecule has 2 heteroatoms. The molecule has 0 bridgehead atoms. The van der Waals surface area contributed by atoms with Gasteiger partial charge in [-0.05, 0) is 75.3 Å². The molecule has 1 spiro atoms. The fourth-order valence-electron chi connectivity index (χ4n) is 9.48. The van der Waals surface area contributed by atoms with Crippen LogP contribution in [0.1, 0.15) is 47.2 Å². The molecule has 226 valence electrons. The van der Waals surface area contributed by atoms with Gasteiger partial charge in [0.25, 0.3) is 0 Å². The van der Waals surface area contributed by atoms with E-state index in [9.17, 15) is 0 Å². The van der Waals surface area contributed by atoms with Crippen molar-refractivity contribution in [1.82, 2.24) is 4.57 Å². The molecule has 0 saturated heterocycles. The second-order valence-corrected chi connectivity index (χ2v) is 14.0. The number of hydrogen-bond acceptors (Lipinski definition) is 1. The Kier molecular flexibility index (Phi) is 4.88. The topological polar surface area (TPSA) is 14.2 Å². The quantitative estimate of drug-likeness (QED) is 0.180. The molecule has 0 saturated carbocycles. The van der Waals surface area contributed by atoms with Gasteiger partial charge in [0, 0.05) is 38.6 Å². The normalized spacial score (nSPS) is 15.4. The molecule has 48 heavy (non-hydrogen) atoms. The van der Waals surface area contributed by atoms with Gasteiger partial charge in [-0.15, -0.1) is 0 Å². The molecule has 2 heterocycles. The van der Waals surface area contributed by atoms with Gasteiger partial charge in [-0.1, -0.05) is 129 Å². The first-order valence-corrected chi connectivity index (χ1v) is 16.9. The Morgan fingerprint density at radius 1 is 0.458 bits per heavy atom. The number of para-hydroxylation sites is 3. The van der Waals surface area contributed by atoms with E-state index in [1.807, 2.05) is 0 Å². The van der Waals surface area contributed by atoms with Crippen LogP contribution in [0.4, 0.5) is 0 Å². The monoisotopic (exact) mass is 613 g/mol. The van der Waals surface area contributed by atoms with Crippen LogP contribution in [-0.2, 0) is 10.8 Å². The van der Waals surface area contributed by atoms with Crippen LogP contribution in [0.15, 0.2) is 152 Å². The van der Waals surface area contributed by atoms with E-state index in [0.29, 0.717) is 0 Å². The van der Waals surface area contributed by atoms with Crippen molar-refractivity contribution in [1.29, 1.82) is 0 Å². The van der Waals surface area contributed by atoms with Crippen LogP contribution < -0.4 is 4.74 Å². The SMILES string of the molecule is CC1(C)c2ccccc2-c2cc3c4ccc5c(c4n(-c4ccccc4)c3cc21)-c1ccccc1C51c2ccccc2Oc2ccccc21. The number of hydrogen-bond donors (Lipinski definition) is 0. The molecule has 1 aromatic heterocycles. The molecule has 11 rings (SSSR count). The van der Waals surface area contributed by atoms with Crippen LogP contribution in [0.5, 0.6) is 11.5 Å². The summed E-state index contributed by atoms with van der Waals surface area (Å²) in [6.07, 6.45) is 0. The lowest BCUT2D eigenvalue weighted by Gasteiger charge is -2.39. The second-order valence-electron chi connectivity index (χ2n) is 14.0. The first-order valence-electron chi connectivity index (χ1n) is 16.9. The molecule has 0 fully saturated rings. The van der Waals surface area contributed by atoms with E-state index in [0.717, 1.165) is 11.5 Å². The van der Waals surface area contributed by atoms with Gasteiger partial charge in [0.2, 0.25) is 0 Å². The number of aromatic nitrogens is 1. The van der Waals surface area contributed by atoms with Crippen LogP contribution in [-0.4, -0.2) is 4.57 Å². The van der Waals surface area contributed by atoms with Gasteiger partial charge < -0.3 is 9.30 Å². The number of benzene rings is 7. The molecule has 2 aliphatic carbocycles. The first-order chi connectivity index (χ1) is 23.6. The predicted octanol–water partition coefficient (Wildman–Crippen LogP) is 11.6. The Bertz CT molecular complexity index is 2630. The summed E-state index contributed by atoms with van der Waals surface area (Å²) in [4.78, 5) is 0. The van der Waals surface area contributed by atoms with Gasteiger partial charge in [0.05, 0.1) is 16.4 Å². The fourth-order valence-corrected chi connectivity index (χ4v) is 9.48. The van der Waals surface area contributed by atoms with Crippen LogP contribution in [0, 0.1) is 0 Å². The largest absolute Gasteiger partial charge is 0.457 e. The average molecular weight is 614 g/mol. The Labute approximate surface area is 279 Å². The van der Waals surface area contributed by atoms with Gasteiger partial charge in [-0.2, -0.15) is 0 Å². The van der Waals surface area contributed by atoms with Gasteiger partial charge in [0.15, 0.2) is 0 Å². The lowest BCUT2D eigenvalue weighted by atomic mass is 9.66. The fraction of sp³-hybridized carbons (Fsp3) is 0.0870. The lowest BCUT2D eigenvalue weighted by molar-refractivity contribution is 0.436. The maximum Gasteiger partial charge on any atom is 0.132 e. The minimum atomic E-state index is -0.508. The molecule has 0 radical (unpaired) electrons. The van der Waals surface area contributed by atoms with E-state index in [-0.39, 0.29) is 5.41 Å². The Hall–Kier alpha value is -5.86. The molecule has 0 unspecified atom stereocenters. The smallest absolute Gasteiger partial charge is 0.132 e.